The smallest absolute Gasteiger partial charge is 0.295 e. The molecule has 0 radical (unpaired) electrons. The van der Waals surface area contributed by atoms with Gasteiger partial charge in [0.1, 0.15) is 11.5 Å². The van der Waals surface area contributed by atoms with Crippen LogP contribution in [-0.4, -0.2) is 57.9 Å². The number of benzene rings is 3. The van der Waals surface area contributed by atoms with E-state index in [1.165, 1.54) is 17.0 Å². The van der Waals surface area contributed by atoms with Gasteiger partial charge in [-0.3, -0.25) is 9.59 Å². The Bertz CT molecular complexity index is 1220. The minimum Gasteiger partial charge on any atom is -0.508 e. The van der Waals surface area contributed by atoms with Crippen LogP contribution >= 0.6 is 0 Å². The number of ketones is 1. The lowest BCUT2D eigenvalue weighted by molar-refractivity contribution is -0.140. The molecule has 3 aromatic rings. The SMILES string of the molecule is CCN(CC)CCN1C(=O)C(=O)/C(=C(\O)c2cccc3ccccc23)C1c1cccc(O)c1. The first-order valence-electron chi connectivity index (χ1n) is 11.2. The number of aromatic hydroxyl groups is 1. The number of Topliss-reactive ketones (excluding diaryl/α,β-unsaturated/α-hetero) is 1. The maximum Gasteiger partial charge on any atom is 0.295 e. The van der Waals surface area contributed by atoms with Gasteiger partial charge in [-0.25, -0.2) is 0 Å². The minimum atomic E-state index is -0.786. The molecular formula is C27H28N2O4. The number of carbonyl (C=O) groups is 2. The van der Waals surface area contributed by atoms with Crippen LogP contribution in [0.25, 0.3) is 16.5 Å². The number of amides is 1. The largest absolute Gasteiger partial charge is 0.508 e. The molecule has 1 fully saturated rings. The number of aliphatic hydroxyl groups excluding tert-OH is 1. The summed E-state index contributed by atoms with van der Waals surface area (Å²) in [4.78, 5) is 30.0. The Morgan fingerprint density at radius 3 is 2.39 bits per heavy atom. The topological polar surface area (TPSA) is 81.1 Å². The first-order valence-corrected chi connectivity index (χ1v) is 11.2. The van der Waals surface area contributed by atoms with Gasteiger partial charge in [-0.2, -0.15) is 0 Å². The summed E-state index contributed by atoms with van der Waals surface area (Å²) >= 11 is 0. The van der Waals surface area contributed by atoms with Gasteiger partial charge < -0.3 is 20.0 Å². The van der Waals surface area contributed by atoms with Crippen LogP contribution in [0.2, 0.25) is 0 Å². The first-order chi connectivity index (χ1) is 16.0. The summed E-state index contributed by atoms with van der Waals surface area (Å²) in [6.07, 6.45) is 0. The van der Waals surface area contributed by atoms with Crippen LogP contribution in [0.15, 0.2) is 72.3 Å². The number of likely N-dealkylation sites (N-methyl/N-ethyl adjacent to an activating group) is 1. The Morgan fingerprint density at radius 1 is 0.970 bits per heavy atom. The molecule has 1 saturated heterocycles. The van der Waals surface area contributed by atoms with E-state index in [0.717, 1.165) is 23.9 Å². The van der Waals surface area contributed by atoms with Crippen LogP contribution in [-0.2, 0) is 9.59 Å². The van der Waals surface area contributed by atoms with Crippen LogP contribution in [0.1, 0.15) is 31.0 Å². The maximum atomic E-state index is 13.2. The van der Waals surface area contributed by atoms with Gasteiger partial charge in [0.2, 0.25) is 0 Å². The molecule has 6 nitrogen and oxygen atoms in total. The normalized spacial score (nSPS) is 17.9. The molecule has 33 heavy (non-hydrogen) atoms. The number of likely N-dealkylation sites (tertiary alicyclic amines) is 1. The highest BCUT2D eigenvalue weighted by Gasteiger charge is 2.46. The summed E-state index contributed by atoms with van der Waals surface area (Å²) in [5.74, 6) is -1.53. The van der Waals surface area contributed by atoms with Gasteiger partial charge in [0, 0.05) is 18.7 Å². The highest BCUT2D eigenvalue weighted by atomic mass is 16.3. The van der Waals surface area contributed by atoms with E-state index in [4.69, 9.17) is 0 Å². The fourth-order valence-electron chi connectivity index (χ4n) is 4.52. The predicted molar refractivity (Wildman–Crippen MR) is 129 cm³/mol. The van der Waals surface area contributed by atoms with E-state index in [1.54, 1.807) is 18.2 Å². The second kappa shape index (κ2) is 9.46. The molecule has 0 aromatic heterocycles. The van der Waals surface area contributed by atoms with Crippen molar-refractivity contribution in [3.05, 3.63) is 83.4 Å². The Hall–Kier alpha value is -3.64. The van der Waals surface area contributed by atoms with Crippen molar-refractivity contribution in [1.29, 1.82) is 0 Å². The molecule has 2 N–H and O–H groups in total. The van der Waals surface area contributed by atoms with Crippen molar-refractivity contribution in [3.63, 3.8) is 0 Å². The molecular weight excluding hydrogens is 416 g/mol. The van der Waals surface area contributed by atoms with Crippen LogP contribution in [0, 0.1) is 0 Å². The van der Waals surface area contributed by atoms with Gasteiger partial charge in [0.25, 0.3) is 11.7 Å². The van der Waals surface area contributed by atoms with E-state index in [0.29, 0.717) is 24.2 Å². The van der Waals surface area contributed by atoms with Crippen molar-refractivity contribution in [2.24, 2.45) is 0 Å². The molecule has 1 amide bonds. The zero-order valence-corrected chi connectivity index (χ0v) is 18.9. The minimum absolute atomic E-state index is 0.0343. The second-order valence-corrected chi connectivity index (χ2v) is 8.14. The van der Waals surface area contributed by atoms with E-state index < -0.39 is 17.7 Å². The number of carbonyl (C=O) groups excluding carboxylic acids is 2. The summed E-state index contributed by atoms with van der Waals surface area (Å²) < 4.78 is 0. The average molecular weight is 445 g/mol. The lowest BCUT2D eigenvalue weighted by Gasteiger charge is -2.28. The molecule has 0 bridgehead atoms. The van der Waals surface area contributed by atoms with E-state index >= 15 is 0 Å². The third-order valence-electron chi connectivity index (χ3n) is 6.32. The van der Waals surface area contributed by atoms with Gasteiger partial charge in [-0.15, -0.1) is 0 Å². The number of aliphatic hydroxyl groups is 1. The molecule has 4 rings (SSSR count). The van der Waals surface area contributed by atoms with E-state index in [1.807, 2.05) is 50.2 Å². The van der Waals surface area contributed by atoms with Crippen LogP contribution in [0.5, 0.6) is 5.75 Å². The monoisotopic (exact) mass is 444 g/mol. The lowest BCUT2D eigenvalue weighted by Crippen LogP contribution is -2.38. The van der Waals surface area contributed by atoms with Crippen LogP contribution < -0.4 is 0 Å². The van der Waals surface area contributed by atoms with Gasteiger partial charge >= 0.3 is 0 Å². The van der Waals surface area contributed by atoms with Gasteiger partial charge in [-0.1, -0.05) is 68.4 Å². The number of rotatable bonds is 7. The van der Waals surface area contributed by atoms with Crippen molar-refractivity contribution in [2.75, 3.05) is 26.2 Å². The highest BCUT2D eigenvalue weighted by molar-refractivity contribution is 6.46. The van der Waals surface area contributed by atoms with Crippen molar-refractivity contribution in [2.45, 2.75) is 19.9 Å². The predicted octanol–water partition coefficient (Wildman–Crippen LogP) is 4.31. The summed E-state index contributed by atoms with van der Waals surface area (Å²) in [5.41, 5.74) is 1.12. The quantitative estimate of drug-likeness (QED) is 0.322. The van der Waals surface area contributed by atoms with Crippen molar-refractivity contribution in [3.8, 4) is 5.75 Å². The Labute approximate surface area is 193 Å². The fourth-order valence-corrected chi connectivity index (χ4v) is 4.52. The van der Waals surface area contributed by atoms with Crippen LogP contribution in [0.4, 0.5) is 0 Å². The van der Waals surface area contributed by atoms with Crippen LogP contribution in [0.3, 0.4) is 0 Å². The number of hydrogen-bond donors (Lipinski definition) is 2. The summed E-state index contributed by atoms with van der Waals surface area (Å²) in [6.45, 7) is 6.68. The second-order valence-electron chi connectivity index (χ2n) is 8.14. The molecule has 1 unspecified atom stereocenters. The average Bonchev–Trinajstić information content (AvgIpc) is 3.09. The van der Waals surface area contributed by atoms with E-state index in [-0.39, 0.29) is 17.1 Å². The fraction of sp³-hybridized carbons (Fsp3) is 0.259. The highest BCUT2D eigenvalue weighted by Crippen LogP contribution is 2.41. The van der Waals surface area contributed by atoms with Gasteiger partial charge in [-0.05, 0) is 41.6 Å². The number of phenolic OH excluding ortho intramolecular Hbond substituents is 1. The van der Waals surface area contributed by atoms with Gasteiger partial charge in [0.05, 0.1) is 11.6 Å². The first kappa shape index (κ1) is 22.6. The zero-order valence-electron chi connectivity index (χ0n) is 18.9. The van der Waals surface area contributed by atoms with Crippen molar-refractivity contribution >= 4 is 28.2 Å². The Balaban J connectivity index is 1.87. The zero-order chi connectivity index (χ0) is 23.5. The number of fused-ring (bicyclic) bond motifs is 1. The molecule has 0 aliphatic carbocycles. The van der Waals surface area contributed by atoms with E-state index in [2.05, 4.69) is 4.90 Å². The molecule has 3 aromatic carbocycles. The van der Waals surface area contributed by atoms with Crippen molar-refractivity contribution < 1.29 is 19.8 Å². The summed E-state index contributed by atoms with van der Waals surface area (Å²) in [5, 5.41) is 23.2. The third-order valence-corrected chi connectivity index (χ3v) is 6.32. The molecule has 1 atom stereocenters. The molecule has 0 spiro atoms. The number of hydrogen-bond acceptors (Lipinski definition) is 5. The standard InChI is InChI=1S/C27H28N2O4/c1-3-28(4-2)15-16-29-24(19-11-7-12-20(30)17-19)23(26(32)27(29)33)25(31)22-14-8-10-18-9-5-6-13-21(18)22/h5-14,17,24,30-31H,3-4,15-16H2,1-2H3/b25-23-. The Morgan fingerprint density at radius 2 is 1.67 bits per heavy atom. The molecule has 1 aliphatic heterocycles. The van der Waals surface area contributed by atoms with Crippen molar-refractivity contribution in [1.82, 2.24) is 9.80 Å². The van der Waals surface area contributed by atoms with Gasteiger partial charge in [0.15, 0.2) is 0 Å². The maximum absolute atomic E-state index is 13.2. The molecule has 6 heteroatoms. The molecule has 1 heterocycles. The molecule has 0 saturated carbocycles. The number of phenols is 1. The molecule has 170 valence electrons. The number of nitrogens with zero attached hydrogens (tertiary/aromatic N) is 2. The molecule has 1 aliphatic rings. The van der Waals surface area contributed by atoms with E-state index in [9.17, 15) is 19.8 Å². The summed E-state index contributed by atoms with van der Waals surface area (Å²) in [6, 6.07) is 18.8. The Kier molecular flexibility index (Phi) is 6.47. The third kappa shape index (κ3) is 4.22. The summed E-state index contributed by atoms with van der Waals surface area (Å²) in [7, 11) is 0. The lowest BCUT2D eigenvalue weighted by atomic mass is 9.93.